The number of hydrogen-bond donors (Lipinski definition) is 3. The number of nitrogen functional groups attached to an aromatic ring is 1. The van der Waals surface area contributed by atoms with Crippen molar-refractivity contribution in [1.82, 2.24) is 9.97 Å². The van der Waals surface area contributed by atoms with Crippen LogP contribution in [0, 0.1) is 6.92 Å². The number of aryl methyl sites for hydroxylation is 1. The van der Waals surface area contributed by atoms with E-state index in [1.807, 2.05) is 20.8 Å². The molecular weight excluding hydrogens is 242 g/mol. The minimum Gasteiger partial charge on any atom is -0.383 e. The molecule has 0 bridgehead atoms. The summed E-state index contributed by atoms with van der Waals surface area (Å²) in [6.45, 7) is 7.71. The molecule has 5 N–H and O–H groups in total. The maximum atomic E-state index is 11.1. The van der Waals surface area contributed by atoms with E-state index in [4.69, 9.17) is 11.5 Å². The number of amides is 1. The van der Waals surface area contributed by atoms with Crippen LogP contribution in [-0.2, 0) is 11.2 Å². The highest BCUT2D eigenvalue weighted by molar-refractivity contribution is 5.75. The zero-order valence-corrected chi connectivity index (χ0v) is 12.1. The molecule has 0 saturated heterocycles. The largest absolute Gasteiger partial charge is 0.383 e. The molecule has 19 heavy (non-hydrogen) atoms. The van der Waals surface area contributed by atoms with Gasteiger partial charge in [-0.15, -0.1) is 0 Å². The molecular formula is C13H23N5O. The number of aromatic nitrogens is 2. The zero-order valence-electron chi connectivity index (χ0n) is 12.1. The molecule has 1 aromatic rings. The lowest BCUT2D eigenvalue weighted by Gasteiger charge is -2.26. The Bertz CT molecular complexity index is 470. The van der Waals surface area contributed by atoms with E-state index in [2.05, 4.69) is 22.2 Å². The Morgan fingerprint density at radius 2 is 2.00 bits per heavy atom. The first-order chi connectivity index (χ1) is 8.75. The van der Waals surface area contributed by atoms with E-state index >= 15 is 0 Å². The highest BCUT2D eigenvalue weighted by Gasteiger charge is 2.22. The number of carbonyl (C=O) groups excluding carboxylic acids is 1. The molecule has 106 valence electrons. The number of anilines is 2. The van der Waals surface area contributed by atoms with Crippen LogP contribution >= 0.6 is 0 Å². The van der Waals surface area contributed by atoms with Crippen molar-refractivity contribution in [3.63, 3.8) is 0 Å². The standard InChI is InChI=1S/C13H23N5O/c1-5-6-10-16-11(15)8(2)12(17-10)18-13(3,4)7-9(14)19/h5-7H2,1-4H3,(H2,14,19)(H3,15,16,17,18). The normalized spacial score (nSPS) is 11.4. The monoisotopic (exact) mass is 265 g/mol. The van der Waals surface area contributed by atoms with Crippen molar-refractivity contribution in [3.05, 3.63) is 11.4 Å². The zero-order chi connectivity index (χ0) is 14.6. The lowest BCUT2D eigenvalue weighted by Crippen LogP contribution is -2.36. The van der Waals surface area contributed by atoms with Crippen LogP contribution in [0.3, 0.4) is 0 Å². The minimum absolute atomic E-state index is 0.222. The maximum Gasteiger partial charge on any atom is 0.219 e. The van der Waals surface area contributed by atoms with Gasteiger partial charge in [-0.25, -0.2) is 9.97 Å². The first-order valence-corrected chi connectivity index (χ1v) is 6.44. The van der Waals surface area contributed by atoms with Crippen molar-refractivity contribution in [3.8, 4) is 0 Å². The summed E-state index contributed by atoms with van der Waals surface area (Å²) in [5.41, 5.74) is 11.4. The van der Waals surface area contributed by atoms with Gasteiger partial charge in [0.2, 0.25) is 5.91 Å². The maximum absolute atomic E-state index is 11.1. The van der Waals surface area contributed by atoms with Crippen LogP contribution in [0.5, 0.6) is 0 Å². The Morgan fingerprint density at radius 1 is 1.37 bits per heavy atom. The summed E-state index contributed by atoms with van der Waals surface area (Å²) in [6.07, 6.45) is 1.95. The van der Waals surface area contributed by atoms with Crippen LogP contribution in [0.25, 0.3) is 0 Å². The van der Waals surface area contributed by atoms with E-state index in [1.165, 1.54) is 0 Å². The van der Waals surface area contributed by atoms with E-state index in [-0.39, 0.29) is 12.3 Å². The number of primary amides is 1. The molecule has 6 heteroatoms. The molecule has 0 aliphatic heterocycles. The first-order valence-electron chi connectivity index (χ1n) is 6.44. The quantitative estimate of drug-likeness (QED) is 0.720. The first kappa shape index (κ1) is 15.2. The second-order valence-corrected chi connectivity index (χ2v) is 5.40. The molecule has 0 atom stereocenters. The van der Waals surface area contributed by atoms with Crippen molar-refractivity contribution >= 4 is 17.5 Å². The Kier molecular flexibility index (Phi) is 4.69. The fraction of sp³-hybridized carbons (Fsp3) is 0.615. The average molecular weight is 265 g/mol. The van der Waals surface area contributed by atoms with Gasteiger partial charge in [0.1, 0.15) is 17.5 Å². The molecule has 0 aromatic carbocycles. The summed E-state index contributed by atoms with van der Waals surface area (Å²) in [4.78, 5) is 19.8. The number of hydrogen-bond acceptors (Lipinski definition) is 5. The second kappa shape index (κ2) is 5.86. The SMILES string of the molecule is CCCc1nc(N)c(C)c(NC(C)(C)CC(N)=O)n1. The van der Waals surface area contributed by atoms with Gasteiger partial charge in [0.25, 0.3) is 0 Å². The number of nitrogens with one attached hydrogen (secondary N) is 1. The van der Waals surface area contributed by atoms with Crippen molar-refractivity contribution < 1.29 is 4.79 Å². The molecule has 1 heterocycles. The predicted molar refractivity (Wildman–Crippen MR) is 76.7 cm³/mol. The summed E-state index contributed by atoms with van der Waals surface area (Å²) in [5, 5.41) is 3.23. The summed E-state index contributed by atoms with van der Waals surface area (Å²) in [7, 11) is 0. The molecule has 0 radical (unpaired) electrons. The van der Waals surface area contributed by atoms with E-state index < -0.39 is 5.54 Å². The van der Waals surface area contributed by atoms with Gasteiger partial charge >= 0.3 is 0 Å². The highest BCUT2D eigenvalue weighted by atomic mass is 16.1. The lowest BCUT2D eigenvalue weighted by atomic mass is 10.00. The van der Waals surface area contributed by atoms with Crippen LogP contribution in [0.15, 0.2) is 0 Å². The summed E-state index contributed by atoms with van der Waals surface area (Å²) >= 11 is 0. The predicted octanol–water partition coefficient (Wildman–Crippen LogP) is 1.39. The number of carbonyl (C=O) groups is 1. The van der Waals surface area contributed by atoms with E-state index in [9.17, 15) is 4.79 Å². The summed E-state index contributed by atoms with van der Waals surface area (Å²) in [5.74, 6) is 1.49. The van der Waals surface area contributed by atoms with Gasteiger partial charge in [-0.2, -0.15) is 0 Å². The van der Waals surface area contributed by atoms with Gasteiger partial charge in [0.05, 0.1) is 0 Å². The summed E-state index contributed by atoms with van der Waals surface area (Å²) in [6, 6.07) is 0. The average Bonchev–Trinajstić information content (AvgIpc) is 2.23. The molecule has 1 rings (SSSR count). The van der Waals surface area contributed by atoms with E-state index in [0.717, 1.165) is 18.4 Å². The van der Waals surface area contributed by atoms with Crippen LogP contribution < -0.4 is 16.8 Å². The van der Waals surface area contributed by atoms with Gasteiger partial charge in [-0.05, 0) is 27.2 Å². The van der Waals surface area contributed by atoms with Gasteiger partial charge in [-0.1, -0.05) is 6.92 Å². The van der Waals surface area contributed by atoms with Crippen LogP contribution in [0.4, 0.5) is 11.6 Å². The van der Waals surface area contributed by atoms with Gasteiger partial charge in [-0.3, -0.25) is 4.79 Å². The summed E-state index contributed by atoms with van der Waals surface area (Å²) < 4.78 is 0. The molecule has 1 aromatic heterocycles. The van der Waals surface area contributed by atoms with Gasteiger partial charge in [0.15, 0.2) is 0 Å². The molecule has 6 nitrogen and oxygen atoms in total. The van der Waals surface area contributed by atoms with Crippen molar-refractivity contribution in [2.45, 2.75) is 52.5 Å². The third-order valence-corrected chi connectivity index (χ3v) is 2.78. The Morgan fingerprint density at radius 3 is 2.53 bits per heavy atom. The fourth-order valence-electron chi connectivity index (χ4n) is 1.84. The van der Waals surface area contributed by atoms with Crippen LogP contribution in [0.1, 0.15) is 45.0 Å². The van der Waals surface area contributed by atoms with Crippen LogP contribution in [0.2, 0.25) is 0 Å². The van der Waals surface area contributed by atoms with E-state index in [1.54, 1.807) is 0 Å². The van der Waals surface area contributed by atoms with Crippen LogP contribution in [-0.4, -0.2) is 21.4 Å². The molecule has 0 fully saturated rings. The highest BCUT2D eigenvalue weighted by Crippen LogP contribution is 2.23. The van der Waals surface area contributed by atoms with Crippen molar-refractivity contribution in [2.24, 2.45) is 5.73 Å². The Balaban J connectivity index is 3.02. The minimum atomic E-state index is -0.471. The Hall–Kier alpha value is -1.85. The van der Waals surface area contributed by atoms with Crippen molar-refractivity contribution in [1.29, 1.82) is 0 Å². The molecule has 0 unspecified atom stereocenters. The topological polar surface area (TPSA) is 107 Å². The molecule has 0 aliphatic carbocycles. The fourth-order valence-corrected chi connectivity index (χ4v) is 1.84. The molecule has 0 aliphatic rings. The molecule has 0 saturated carbocycles. The smallest absolute Gasteiger partial charge is 0.219 e. The third-order valence-electron chi connectivity index (χ3n) is 2.78. The van der Waals surface area contributed by atoms with Gasteiger partial charge in [0, 0.05) is 23.9 Å². The van der Waals surface area contributed by atoms with Crippen molar-refractivity contribution in [2.75, 3.05) is 11.1 Å². The lowest BCUT2D eigenvalue weighted by molar-refractivity contribution is -0.118. The number of nitrogens with zero attached hydrogens (tertiary/aromatic N) is 2. The Labute approximate surface area is 114 Å². The number of nitrogens with two attached hydrogens (primary N) is 2. The number of rotatable bonds is 6. The molecule has 1 amide bonds. The van der Waals surface area contributed by atoms with Gasteiger partial charge < -0.3 is 16.8 Å². The van der Waals surface area contributed by atoms with E-state index in [0.29, 0.717) is 17.5 Å². The second-order valence-electron chi connectivity index (χ2n) is 5.40. The molecule has 0 spiro atoms. The third kappa shape index (κ3) is 4.39.